The van der Waals surface area contributed by atoms with Gasteiger partial charge in [-0.15, -0.1) is 0 Å². The molecular weight excluding hydrogens is 182 g/mol. The van der Waals surface area contributed by atoms with E-state index in [1.165, 1.54) is 12.1 Å². The lowest BCUT2D eigenvalue weighted by molar-refractivity contribution is -0.385. The van der Waals surface area contributed by atoms with Crippen LogP contribution in [0.4, 0.5) is 10.1 Å². The summed E-state index contributed by atoms with van der Waals surface area (Å²) in [5, 5.41) is 10.0. The molecule has 0 aliphatic carbocycles. The van der Waals surface area contributed by atoms with Crippen LogP contribution in [0, 0.1) is 15.9 Å². The fraction of sp³-hybridized carbons (Fsp3) is 0.143. The molecule has 14 heavy (non-hydrogen) atoms. The predicted octanol–water partition coefficient (Wildman–Crippen LogP) is -1.26. The van der Waals surface area contributed by atoms with E-state index in [2.05, 4.69) is 0 Å². The summed E-state index contributed by atoms with van der Waals surface area (Å²) in [5.74, 6) is -0.522. The molecule has 7 heteroatoms. The van der Waals surface area contributed by atoms with Crippen molar-refractivity contribution in [3.8, 4) is 0 Å². The molecule has 0 bridgehead atoms. The molecule has 1 aromatic carbocycles. The Morgan fingerprint density at radius 2 is 1.93 bits per heavy atom. The summed E-state index contributed by atoms with van der Waals surface area (Å²) in [6, 6.07) is 3.75. The third kappa shape index (κ3) is 2.16. The van der Waals surface area contributed by atoms with Gasteiger partial charge in [0.15, 0.2) is 0 Å². The van der Waals surface area contributed by atoms with E-state index in [4.69, 9.17) is 0 Å². The molecule has 0 fully saturated rings. The first kappa shape index (κ1) is 10.8. The van der Waals surface area contributed by atoms with Crippen molar-refractivity contribution in [2.75, 3.05) is 0 Å². The number of halogens is 1. The second-order valence-corrected chi connectivity index (χ2v) is 4.17. The minimum atomic E-state index is -0.602. The average Bonchev–Trinajstić information content (AvgIpc) is 2.01. The number of nitro benzene ring substituents is 1. The summed E-state index contributed by atoms with van der Waals surface area (Å²) < 4.78 is 13.4. The first-order valence-electron chi connectivity index (χ1n) is 4.27. The van der Waals surface area contributed by atoms with Crippen molar-refractivity contribution in [1.82, 2.24) is 0 Å². The predicted molar refractivity (Wildman–Crippen MR) is 60.4 cm³/mol. The van der Waals surface area contributed by atoms with Crippen LogP contribution in [0.1, 0.15) is 5.56 Å². The Morgan fingerprint density at radius 3 is 2.29 bits per heavy atom. The number of hydrogen-bond acceptors (Lipinski definition) is 2. The molecule has 0 amide bonds. The van der Waals surface area contributed by atoms with Gasteiger partial charge in [0, 0.05) is 6.07 Å². The van der Waals surface area contributed by atoms with Crippen molar-refractivity contribution < 1.29 is 9.31 Å². The lowest BCUT2D eigenvalue weighted by Gasteiger charge is -2.18. The number of rotatable bonds is 2. The van der Waals surface area contributed by atoms with Crippen molar-refractivity contribution in [2.45, 2.75) is 5.11 Å². The monoisotopic (exact) mass is 191 g/mol. The molecule has 0 aliphatic heterocycles. The summed E-state index contributed by atoms with van der Waals surface area (Å²) in [4.78, 5) is 9.75. The molecule has 0 aliphatic rings. The van der Waals surface area contributed by atoms with Gasteiger partial charge in [0.25, 0.3) is 5.69 Å². The third-order valence-corrected chi connectivity index (χ3v) is 1.97. The van der Waals surface area contributed by atoms with Crippen LogP contribution in [0.25, 0.3) is 0 Å². The molecule has 1 aromatic rings. The maximum absolute atomic E-state index is 13.4. The van der Waals surface area contributed by atoms with Crippen LogP contribution < -0.4 is 0 Å². The molecule has 70 valence electrons. The van der Waals surface area contributed by atoms with Gasteiger partial charge in [-0.05, 0) is 5.56 Å². The molecule has 0 atom stereocenters. The van der Waals surface area contributed by atoms with E-state index in [-0.39, 0.29) is 10.8 Å². The normalized spacial score (nSPS) is 11.2. The fourth-order valence-corrected chi connectivity index (χ4v) is 1.23. The van der Waals surface area contributed by atoms with Gasteiger partial charge in [-0.2, -0.15) is 0 Å². The number of nitrogens with zero attached hydrogens (tertiary/aromatic N) is 1. The second-order valence-electron chi connectivity index (χ2n) is 4.17. The van der Waals surface area contributed by atoms with Crippen LogP contribution in [0.3, 0.4) is 0 Å². The Kier molecular flexibility index (Phi) is 2.69. The first-order valence-corrected chi connectivity index (χ1v) is 4.27. The highest BCUT2D eigenvalue weighted by atomic mass is 19.1. The minimum Gasteiger partial charge on any atom is -0.258 e. The maximum Gasteiger partial charge on any atom is 0.272 e. The maximum atomic E-state index is 13.4. The molecule has 1 rings (SSSR count). The van der Waals surface area contributed by atoms with Crippen molar-refractivity contribution in [1.29, 1.82) is 0 Å². The van der Waals surface area contributed by atoms with Crippen LogP contribution in [0.15, 0.2) is 18.2 Å². The highest BCUT2D eigenvalue weighted by molar-refractivity contribution is 6.58. The van der Waals surface area contributed by atoms with E-state index >= 15 is 0 Å². The van der Waals surface area contributed by atoms with E-state index in [0.29, 0.717) is 5.56 Å². The topological polar surface area (TPSA) is 43.1 Å². The molecular formula is C7H9B3FNO2. The molecule has 0 spiro atoms. The summed E-state index contributed by atoms with van der Waals surface area (Å²) in [5.41, 5.74) is 0.276. The summed E-state index contributed by atoms with van der Waals surface area (Å²) in [6.07, 6.45) is 0. The van der Waals surface area contributed by atoms with Crippen LogP contribution in [-0.2, 0) is 5.11 Å². The zero-order valence-electron chi connectivity index (χ0n) is 8.37. The van der Waals surface area contributed by atoms with Gasteiger partial charge in [0.2, 0.25) is 0 Å². The Labute approximate surface area is 84.1 Å². The molecule has 0 saturated heterocycles. The van der Waals surface area contributed by atoms with Gasteiger partial charge in [0.05, 0.1) is 34.5 Å². The lowest BCUT2D eigenvalue weighted by atomic mass is 9.40. The highest BCUT2D eigenvalue weighted by Gasteiger charge is 2.20. The van der Waals surface area contributed by atoms with E-state index in [1.807, 2.05) is 23.5 Å². The number of hydrogen-bond donors (Lipinski definition) is 0. The second kappa shape index (κ2) is 3.48. The third-order valence-electron chi connectivity index (χ3n) is 1.97. The number of nitro groups is 1. The largest absolute Gasteiger partial charge is 0.272 e. The quantitative estimate of drug-likeness (QED) is 0.332. The zero-order valence-corrected chi connectivity index (χ0v) is 8.37. The van der Waals surface area contributed by atoms with E-state index in [9.17, 15) is 14.5 Å². The van der Waals surface area contributed by atoms with Crippen molar-refractivity contribution >= 4 is 29.2 Å². The zero-order chi connectivity index (χ0) is 10.9. The van der Waals surface area contributed by atoms with Crippen LogP contribution in [0.2, 0.25) is 0 Å². The van der Waals surface area contributed by atoms with Gasteiger partial charge < -0.3 is 0 Å². The Morgan fingerprint density at radius 1 is 1.36 bits per heavy atom. The van der Waals surface area contributed by atoms with Crippen LogP contribution in [0.5, 0.6) is 0 Å². The van der Waals surface area contributed by atoms with Gasteiger partial charge in [0.1, 0.15) is 5.82 Å². The van der Waals surface area contributed by atoms with Gasteiger partial charge in [-0.1, -0.05) is 11.2 Å². The van der Waals surface area contributed by atoms with Crippen molar-refractivity contribution in [2.24, 2.45) is 0 Å². The van der Waals surface area contributed by atoms with Gasteiger partial charge >= 0.3 is 0 Å². The molecule has 0 unspecified atom stereocenters. The summed E-state index contributed by atoms with van der Waals surface area (Å²) in [6.45, 7) is 0. The molecule has 0 radical (unpaired) electrons. The number of benzene rings is 1. The summed E-state index contributed by atoms with van der Waals surface area (Å²) >= 11 is 0. The van der Waals surface area contributed by atoms with Crippen LogP contribution in [-0.4, -0.2) is 28.5 Å². The van der Waals surface area contributed by atoms with Gasteiger partial charge in [-0.3, -0.25) is 10.1 Å². The summed E-state index contributed by atoms with van der Waals surface area (Å²) in [7, 11) is 5.58. The lowest BCUT2D eigenvalue weighted by Crippen LogP contribution is -2.28. The van der Waals surface area contributed by atoms with E-state index < -0.39 is 10.7 Å². The Hall–Kier alpha value is -1.26. The molecule has 0 N–H and O–H groups in total. The number of non-ortho nitro benzene ring substituents is 1. The standard InChI is InChI=1S/C7H9B3FNO2/c8-7(9,10)5-2-1-4(12(13)14)3-6(5)11/h1-3H,8-10H2. The SMILES string of the molecule is BC(B)(B)c1ccc([N+](=O)[O-])cc1F. The minimum absolute atomic E-state index is 0.212. The average molecular weight is 191 g/mol. The van der Waals surface area contributed by atoms with E-state index in [1.54, 1.807) is 0 Å². The van der Waals surface area contributed by atoms with Crippen LogP contribution >= 0.6 is 0 Å². The fourth-order valence-electron chi connectivity index (χ4n) is 1.23. The van der Waals surface area contributed by atoms with Gasteiger partial charge in [-0.25, -0.2) is 4.39 Å². The van der Waals surface area contributed by atoms with E-state index in [0.717, 1.165) is 6.07 Å². The van der Waals surface area contributed by atoms with Crippen molar-refractivity contribution in [3.05, 3.63) is 39.7 Å². The van der Waals surface area contributed by atoms with Crippen molar-refractivity contribution in [3.63, 3.8) is 0 Å². The Balaban J connectivity index is 3.21. The molecule has 0 aromatic heterocycles. The molecule has 3 nitrogen and oxygen atoms in total. The molecule has 0 saturated carbocycles. The Bertz CT molecular complexity index is 378. The smallest absolute Gasteiger partial charge is 0.258 e. The molecule has 0 heterocycles. The highest BCUT2D eigenvalue weighted by Crippen LogP contribution is 2.21. The first-order chi connectivity index (χ1) is 6.32.